The molecule has 1 fully saturated rings. The third-order valence-corrected chi connectivity index (χ3v) is 6.33. The van der Waals surface area contributed by atoms with Crippen molar-refractivity contribution in [3.8, 4) is 11.6 Å². The number of para-hydroxylation sites is 1. The molecule has 14 heteroatoms. The highest BCUT2D eigenvalue weighted by molar-refractivity contribution is 5.96. The Morgan fingerprint density at radius 3 is 2.23 bits per heavy atom. The highest BCUT2D eigenvalue weighted by Crippen LogP contribution is 2.21. The van der Waals surface area contributed by atoms with E-state index in [1.807, 2.05) is 0 Å². The summed E-state index contributed by atoms with van der Waals surface area (Å²) in [5, 5.41) is 16.3. The number of ether oxygens (including phenoxy) is 3. The van der Waals surface area contributed by atoms with E-state index in [0.29, 0.717) is 5.69 Å². The summed E-state index contributed by atoms with van der Waals surface area (Å²) in [6, 6.07) is 8.86. The summed E-state index contributed by atoms with van der Waals surface area (Å²) in [5.41, 5.74) is -0.332. The maximum absolute atomic E-state index is 13.6. The van der Waals surface area contributed by atoms with Gasteiger partial charge in [0.2, 0.25) is 11.8 Å². The average molecular weight is 602 g/mol. The number of carboxylic acids is 1. The van der Waals surface area contributed by atoms with Gasteiger partial charge >= 0.3 is 18.0 Å². The smallest absolute Gasteiger partial charge is 0.409 e. The molecular formula is C29H39N5O9. The van der Waals surface area contributed by atoms with Gasteiger partial charge in [-0.05, 0) is 53.2 Å². The van der Waals surface area contributed by atoms with Gasteiger partial charge in [0.25, 0.3) is 5.91 Å². The molecular weight excluding hydrogens is 562 g/mol. The van der Waals surface area contributed by atoms with Crippen molar-refractivity contribution in [1.29, 1.82) is 0 Å². The van der Waals surface area contributed by atoms with Gasteiger partial charge in [-0.15, -0.1) is 0 Å². The van der Waals surface area contributed by atoms with Crippen molar-refractivity contribution in [2.45, 2.75) is 65.2 Å². The lowest BCUT2D eigenvalue weighted by atomic mass is 10.1. The SMILES string of the molecule is CCOC(=O)N1CCN(C(=O)[C@H](CCC(=O)OC(C)(C)C)NC(=O)c2cc(O[C@@H](C)C(=O)O)n(-c3ccccc3)n2)CC1. The first-order chi connectivity index (χ1) is 20.3. The van der Waals surface area contributed by atoms with Crippen LogP contribution in [0.2, 0.25) is 0 Å². The Balaban J connectivity index is 1.82. The second-order valence-corrected chi connectivity index (χ2v) is 10.9. The van der Waals surface area contributed by atoms with Crippen molar-refractivity contribution in [1.82, 2.24) is 24.9 Å². The second-order valence-electron chi connectivity index (χ2n) is 10.9. The van der Waals surface area contributed by atoms with Crippen LogP contribution in [0.4, 0.5) is 4.79 Å². The number of carbonyl (C=O) groups is 5. The Morgan fingerprint density at radius 1 is 1.02 bits per heavy atom. The van der Waals surface area contributed by atoms with E-state index < -0.39 is 47.6 Å². The largest absolute Gasteiger partial charge is 0.479 e. The fourth-order valence-electron chi connectivity index (χ4n) is 4.23. The minimum Gasteiger partial charge on any atom is -0.479 e. The molecule has 1 aliphatic heterocycles. The molecule has 0 bridgehead atoms. The standard InChI is InChI=1S/C29H39N5O9/c1-6-41-28(40)33-16-14-32(15-17-33)26(37)21(12-13-24(35)43-29(3,4)5)30-25(36)22-18-23(42-19(2)27(38)39)34(31-22)20-10-8-7-9-11-20/h7-11,18-19,21H,6,12-17H2,1-5H3,(H,30,36)(H,38,39)/t19-,21-/m0/s1. The lowest BCUT2D eigenvalue weighted by molar-refractivity contribution is -0.155. The van der Waals surface area contributed by atoms with Crippen molar-refractivity contribution in [2.24, 2.45) is 0 Å². The van der Waals surface area contributed by atoms with Crippen molar-refractivity contribution in [3.63, 3.8) is 0 Å². The quantitative estimate of drug-likeness (QED) is 0.364. The number of aromatic nitrogens is 2. The first kappa shape index (κ1) is 32.9. The highest BCUT2D eigenvalue weighted by atomic mass is 16.6. The van der Waals surface area contributed by atoms with Crippen molar-refractivity contribution in [3.05, 3.63) is 42.1 Å². The lowest BCUT2D eigenvalue weighted by Gasteiger charge is -2.36. The predicted molar refractivity (Wildman–Crippen MR) is 153 cm³/mol. The van der Waals surface area contributed by atoms with E-state index in [2.05, 4.69) is 10.4 Å². The van der Waals surface area contributed by atoms with Gasteiger partial charge in [-0.25, -0.2) is 14.3 Å². The van der Waals surface area contributed by atoms with E-state index in [1.54, 1.807) is 58.0 Å². The molecule has 0 spiro atoms. The number of carbonyl (C=O) groups excluding carboxylic acids is 4. The van der Waals surface area contributed by atoms with Gasteiger partial charge in [-0.1, -0.05) is 18.2 Å². The monoisotopic (exact) mass is 601 g/mol. The maximum Gasteiger partial charge on any atom is 0.409 e. The highest BCUT2D eigenvalue weighted by Gasteiger charge is 2.32. The summed E-state index contributed by atoms with van der Waals surface area (Å²) in [6.07, 6.45) is -1.88. The number of rotatable bonds is 11. The van der Waals surface area contributed by atoms with Gasteiger partial charge in [0.05, 0.1) is 12.3 Å². The summed E-state index contributed by atoms with van der Waals surface area (Å²) in [4.78, 5) is 66.0. The minimum atomic E-state index is -1.23. The van der Waals surface area contributed by atoms with Gasteiger partial charge in [-0.3, -0.25) is 14.4 Å². The van der Waals surface area contributed by atoms with E-state index in [0.717, 1.165) is 0 Å². The van der Waals surface area contributed by atoms with E-state index in [1.165, 1.54) is 27.5 Å². The number of hydrogen-bond donors (Lipinski definition) is 2. The number of nitrogens with one attached hydrogen (secondary N) is 1. The van der Waals surface area contributed by atoms with Crippen LogP contribution in [0.15, 0.2) is 36.4 Å². The Hall–Kier alpha value is -4.62. The molecule has 2 aromatic rings. The van der Waals surface area contributed by atoms with Gasteiger partial charge in [-0.2, -0.15) is 5.10 Å². The number of carboxylic acid groups (broad SMARTS) is 1. The molecule has 1 saturated heterocycles. The molecule has 0 radical (unpaired) electrons. The first-order valence-corrected chi connectivity index (χ1v) is 14.1. The summed E-state index contributed by atoms with van der Waals surface area (Å²) in [6.45, 7) is 9.40. The molecule has 0 saturated carbocycles. The zero-order chi connectivity index (χ0) is 31.7. The molecule has 0 aliphatic carbocycles. The second kappa shape index (κ2) is 14.5. The summed E-state index contributed by atoms with van der Waals surface area (Å²) in [7, 11) is 0. The molecule has 0 unspecified atom stereocenters. The Kier molecular flexibility index (Phi) is 11.1. The maximum atomic E-state index is 13.6. The number of hydrogen-bond acceptors (Lipinski definition) is 9. The van der Waals surface area contributed by atoms with Crippen molar-refractivity contribution in [2.75, 3.05) is 32.8 Å². The van der Waals surface area contributed by atoms with E-state index in [4.69, 9.17) is 14.2 Å². The summed E-state index contributed by atoms with van der Waals surface area (Å²) >= 11 is 0. The Labute approximate surface area is 249 Å². The molecule has 2 atom stereocenters. The zero-order valence-electron chi connectivity index (χ0n) is 25.1. The van der Waals surface area contributed by atoms with Crippen LogP contribution in [0.25, 0.3) is 5.69 Å². The molecule has 2 N–H and O–H groups in total. The van der Waals surface area contributed by atoms with Crippen LogP contribution in [0, 0.1) is 0 Å². The molecule has 1 aromatic heterocycles. The Morgan fingerprint density at radius 2 is 1.65 bits per heavy atom. The molecule has 1 aliphatic rings. The number of aliphatic carboxylic acids is 1. The molecule has 3 rings (SSSR count). The predicted octanol–water partition coefficient (Wildman–Crippen LogP) is 2.25. The number of benzene rings is 1. The molecule has 234 valence electrons. The van der Waals surface area contributed by atoms with Crippen molar-refractivity contribution < 1.29 is 43.3 Å². The van der Waals surface area contributed by atoms with E-state index >= 15 is 0 Å². The van der Waals surface area contributed by atoms with E-state index in [-0.39, 0.29) is 57.2 Å². The number of nitrogens with zero attached hydrogens (tertiary/aromatic N) is 4. The average Bonchev–Trinajstić information content (AvgIpc) is 3.38. The molecule has 43 heavy (non-hydrogen) atoms. The zero-order valence-corrected chi connectivity index (χ0v) is 25.1. The topological polar surface area (TPSA) is 170 Å². The van der Waals surface area contributed by atoms with Gasteiger partial charge in [0.15, 0.2) is 11.8 Å². The molecule has 1 aromatic carbocycles. The summed E-state index contributed by atoms with van der Waals surface area (Å²) < 4.78 is 17.3. The van der Waals surface area contributed by atoms with Crippen LogP contribution in [-0.2, 0) is 23.9 Å². The fourth-order valence-corrected chi connectivity index (χ4v) is 4.23. The fraction of sp³-hybridized carbons (Fsp3) is 0.517. The van der Waals surface area contributed by atoms with Gasteiger partial charge in [0.1, 0.15) is 11.6 Å². The van der Waals surface area contributed by atoms with Crippen molar-refractivity contribution >= 4 is 29.8 Å². The van der Waals surface area contributed by atoms with Crippen LogP contribution >= 0.6 is 0 Å². The minimum absolute atomic E-state index is 0.0120. The molecule has 2 heterocycles. The first-order valence-electron chi connectivity index (χ1n) is 14.1. The van der Waals surface area contributed by atoms with Crippen LogP contribution < -0.4 is 10.1 Å². The van der Waals surface area contributed by atoms with E-state index in [9.17, 15) is 29.1 Å². The number of amides is 3. The molecule has 14 nitrogen and oxygen atoms in total. The number of piperazine rings is 1. The van der Waals surface area contributed by atoms with Crippen LogP contribution in [-0.4, -0.2) is 105 Å². The van der Waals surface area contributed by atoms with Crippen LogP contribution in [0.1, 0.15) is 57.9 Å². The van der Waals surface area contributed by atoms with Gasteiger partial charge in [0, 0.05) is 38.7 Å². The van der Waals surface area contributed by atoms with Crippen LogP contribution in [0.5, 0.6) is 5.88 Å². The summed E-state index contributed by atoms with van der Waals surface area (Å²) in [5.74, 6) is -2.88. The van der Waals surface area contributed by atoms with Gasteiger partial charge < -0.3 is 34.4 Å². The molecule has 3 amide bonds. The lowest BCUT2D eigenvalue weighted by Crippen LogP contribution is -2.56. The van der Waals surface area contributed by atoms with Crippen LogP contribution in [0.3, 0.4) is 0 Å². The Bertz CT molecular complexity index is 1300. The number of esters is 1. The third-order valence-electron chi connectivity index (χ3n) is 6.33. The third kappa shape index (κ3) is 9.45. The normalized spacial score (nSPS) is 14.8.